The largest absolute Gasteiger partial charge is 0.492 e. The van der Waals surface area contributed by atoms with Gasteiger partial charge in [-0.25, -0.2) is 4.98 Å². The molecule has 0 aliphatic rings. The number of anilines is 1. The summed E-state index contributed by atoms with van der Waals surface area (Å²) in [6.45, 7) is 4.82. The minimum absolute atomic E-state index is 0.0345. The van der Waals surface area contributed by atoms with Crippen LogP contribution in [0.15, 0.2) is 34.2 Å². The Balaban J connectivity index is 1.73. The average Bonchev–Trinajstić information content (AvgIpc) is 2.97. The molecule has 2 aromatic rings. The van der Waals surface area contributed by atoms with Crippen molar-refractivity contribution in [1.29, 1.82) is 0 Å². The lowest BCUT2D eigenvalue weighted by molar-refractivity contribution is -0.116. The number of hydrogen-bond donors (Lipinski definition) is 1. The summed E-state index contributed by atoms with van der Waals surface area (Å²) < 4.78 is 6.67. The van der Waals surface area contributed by atoms with E-state index in [0.717, 1.165) is 10.2 Å². The molecular formula is C16H19BrN2O2S. The van der Waals surface area contributed by atoms with E-state index in [-0.39, 0.29) is 5.91 Å². The number of amides is 1. The summed E-state index contributed by atoms with van der Waals surface area (Å²) in [6, 6.07) is 6.12. The summed E-state index contributed by atoms with van der Waals surface area (Å²) in [6.07, 6.45) is 2.75. The molecule has 0 unspecified atom stereocenters. The fourth-order valence-electron chi connectivity index (χ4n) is 1.88. The van der Waals surface area contributed by atoms with E-state index in [4.69, 9.17) is 4.74 Å². The lowest BCUT2D eigenvalue weighted by atomic mass is 10.0. The van der Waals surface area contributed by atoms with E-state index in [9.17, 15) is 4.79 Å². The van der Waals surface area contributed by atoms with Gasteiger partial charge in [0.2, 0.25) is 5.91 Å². The average molecular weight is 383 g/mol. The lowest BCUT2D eigenvalue weighted by Gasteiger charge is -2.11. The van der Waals surface area contributed by atoms with Crippen molar-refractivity contribution in [2.75, 3.05) is 11.9 Å². The van der Waals surface area contributed by atoms with E-state index >= 15 is 0 Å². The number of rotatable bonds is 7. The van der Waals surface area contributed by atoms with Gasteiger partial charge in [-0.05, 0) is 46.0 Å². The van der Waals surface area contributed by atoms with E-state index in [1.807, 2.05) is 11.4 Å². The summed E-state index contributed by atoms with van der Waals surface area (Å²) in [5, 5.41) is 5.22. The van der Waals surface area contributed by atoms with Crippen molar-refractivity contribution in [3.05, 3.63) is 39.8 Å². The Kier molecular flexibility index (Phi) is 6.39. The molecule has 0 aliphatic heterocycles. The maximum Gasteiger partial charge on any atom is 0.226 e. The maximum atomic E-state index is 11.7. The van der Waals surface area contributed by atoms with Crippen LogP contribution < -0.4 is 10.1 Å². The first kappa shape index (κ1) is 17.0. The van der Waals surface area contributed by atoms with Crippen LogP contribution in [0.1, 0.15) is 38.2 Å². The highest BCUT2D eigenvalue weighted by Crippen LogP contribution is 2.29. The van der Waals surface area contributed by atoms with E-state index in [1.165, 1.54) is 16.9 Å². The van der Waals surface area contributed by atoms with Gasteiger partial charge in [-0.2, -0.15) is 0 Å². The number of ether oxygens (including phenoxy) is 1. The predicted molar refractivity (Wildman–Crippen MR) is 93.7 cm³/mol. The number of carbonyl (C=O) groups is 1. The van der Waals surface area contributed by atoms with Gasteiger partial charge in [-0.15, -0.1) is 11.3 Å². The monoisotopic (exact) mass is 382 g/mol. The van der Waals surface area contributed by atoms with Gasteiger partial charge >= 0.3 is 0 Å². The second-order valence-corrected chi connectivity index (χ2v) is 6.93. The number of nitrogens with zero attached hydrogens (tertiary/aromatic N) is 1. The van der Waals surface area contributed by atoms with Crippen molar-refractivity contribution in [1.82, 2.24) is 4.98 Å². The van der Waals surface area contributed by atoms with Gasteiger partial charge in [-0.3, -0.25) is 4.79 Å². The fraction of sp³-hybridized carbons (Fsp3) is 0.375. The van der Waals surface area contributed by atoms with Crippen LogP contribution >= 0.6 is 27.3 Å². The Morgan fingerprint density at radius 2 is 2.27 bits per heavy atom. The molecule has 1 amide bonds. The van der Waals surface area contributed by atoms with Crippen molar-refractivity contribution in [3.63, 3.8) is 0 Å². The highest BCUT2D eigenvalue weighted by molar-refractivity contribution is 9.10. The molecule has 0 atom stereocenters. The molecule has 0 saturated carbocycles. The van der Waals surface area contributed by atoms with E-state index < -0.39 is 0 Å². The van der Waals surface area contributed by atoms with Crippen LogP contribution in [0.2, 0.25) is 0 Å². The number of nitrogens with one attached hydrogen (secondary N) is 1. The van der Waals surface area contributed by atoms with Gasteiger partial charge in [0.25, 0.3) is 0 Å². The van der Waals surface area contributed by atoms with Crippen molar-refractivity contribution in [2.45, 2.75) is 32.6 Å². The minimum atomic E-state index is -0.0345. The second-order valence-electron chi connectivity index (χ2n) is 5.18. The first-order chi connectivity index (χ1) is 10.6. The summed E-state index contributed by atoms with van der Waals surface area (Å²) in [5.74, 6) is 1.26. The summed E-state index contributed by atoms with van der Waals surface area (Å²) in [5.41, 5.74) is 1.27. The van der Waals surface area contributed by atoms with Crippen LogP contribution in [0.5, 0.6) is 5.75 Å². The SMILES string of the molecule is CC(C)c1ccc(OCCCC(=O)Nc2nccs2)c(Br)c1. The lowest BCUT2D eigenvalue weighted by Crippen LogP contribution is -2.12. The Morgan fingerprint density at radius 3 is 2.91 bits per heavy atom. The standard InChI is InChI=1S/C16H19BrN2O2S/c1-11(2)12-5-6-14(13(17)10-12)21-8-3-4-15(20)19-16-18-7-9-22-16/h5-7,9-11H,3-4,8H2,1-2H3,(H,18,19,20). The highest BCUT2D eigenvalue weighted by Gasteiger charge is 2.07. The maximum absolute atomic E-state index is 11.7. The zero-order chi connectivity index (χ0) is 15.9. The number of thiazole rings is 1. The molecule has 0 fully saturated rings. The number of halogens is 1. The van der Waals surface area contributed by atoms with Crippen LogP contribution in [-0.4, -0.2) is 17.5 Å². The van der Waals surface area contributed by atoms with Crippen LogP contribution in [-0.2, 0) is 4.79 Å². The number of benzene rings is 1. The Morgan fingerprint density at radius 1 is 1.45 bits per heavy atom. The van der Waals surface area contributed by atoms with Crippen LogP contribution in [0.3, 0.4) is 0 Å². The highest BCUT2D eigenvalue weighted by atomic mass is 79.9. The summed E-state index contributed by atoms with van der Waals surface area (Å²) in [4.78, 5) is 15.7. The van der Waals surface area contributed by atoms with Crippen molar-refractivity contribution in [2.24, 2.45) is 0 Å². The molecular weight excluding hydrogens is 364 g/mol. The molecule has 0 bridgehead atoms. The van der Waals surface area contributed by atoms with E-state index in [2.05, 4.69) is 52.2 Å². The molecule has 0 saturated heterocycles. The third-order valence-electron chi connectivity index (χ3n) is 3.11. The van der Waals surface area contributed by atoms with Crippen molar-refractivity contribution in [3.8, 4) is 5.75 Å². The van der Waals surface area contributed by atoms with Gasteiger partial charge in [0, 0.05) is 18.0 Å². The number of aromatic nitrogens is 1. The molecule has 22 heavy (non-hydrogen) atoms. The van der Waals surface area contributed by atoms with Crippen molar-refractivity contribution >= 4 is 38.3 Å². The number of carbonyl (C=O) groups excluding carboxylic acids is 1. The van der Waals surface area contributed by atoms with Crippen molar-refractivity contribution < 1.29 is 9.53 Å². The zero-order valence-electron chi connectivity index (χ0n) is 12.6. The third kappa shape index (κ3) is 5.10. The predicted octanol–water partition coefficient (Wildman–Crippen LogP) is 4.83. The smallest absolute Gasteiger partial charge is 0.226 e. The molecule has 0 aliphatic carbocycles. The fourth-order valence-corrected chi connectivity index (χ4v) is 2.93. The van der Waals surface area contributed by atoms with Gasteiger partial charge in [0.1, 0.15) is 5.75 Å². The molecule has 1 aromatic carbocycles. The third-order valence-corrected chi connectivity index (χ3v) is 4.42. The Labute approximate surface area is 143 Å². The van der Waals surface area contributed by atoms with E-state index in [0.29, 0.717) is 30.5 Å². The molecule has 2 rings (SSSR count). The van der Waals surface area contributed by atoms with Gasteiger partial charge in [0.05, 0.1) is 11.1 Å². The van der Waals surface area contributed by atoms with Gasteiger partial charge in [0.15, 0.2) is 5.13 Å². The molecule has 1 aromatic heterocycles. The molecule has 118 valence electrons. The Hall–Kier alpha value is -1.40. The van der Waals surface area contributed by atoms with Crippen LogP contribution in [0.4, 0.5) is 5.13 Å². The van der Waals surface area contributed by atoms with Gasteiger partial charge < -0.3 is 10.1 Å². The first-order valence-corrected chi connectivity index (χ1v) is 8.85. The quantitative estimate of drug-likeness (QED) is 0.697. The molecule has 0 spiro atoms. The molecule has 1 heterocycles. The van der Waals surface area contributed by atoms with Crippen LogP contribution in [0, 0.1) is 0 Å². The molecule has 6 heteroatoms. The first-order valence-electron chi connectivity index (χ1n) is 7.18. The van der Waals surface area contributed by atoms with Gasteiger partial charge in [-0.1, -0.05) is 19.9 Å². The summed E-state index contributed by atoms with van der Waals surface area (Å²) >= 11 is 4.94. The van der Waals surface area contributed by atoms with Crippen LogP contribution in [0.25, 0.3) is 0 Å². The topological polar surface area (TPSA) is 51.2 Å². The minimum Gasteiger partial charge on any atom is -0.492 e. The number of hydrogen-bond acceptors (Lipinski definition) is 4. The Bertz CT molecular complexity index is 615. The van der Waals surface area contributed by atoms with E-state index in [1.54, 1.807) is 6.20 Å². The summed E-state index contributed by atoms with van der Waals surface area (Å²) in [7, 11) is 0. The normalized spacial score (nSPS) is 10.7. The zero-order valence-corrected chi connectivity index (χ0v) is 15.0. The second kappa shape index (κ2) is 8.29. The molecule has 0 radical (unpaired) electrons. The molecule has 1 N–H and O–H groups in total. The molecule has 4 nitrogen and oxygen atoms in total.